The minimum absolute atomic E-state index is 0.0453. The fourth-order valence-corrected chi connectivity index (χ4v) is 4.89. The van der Waals surface area contributed by atoms with Crippen molar-refractivity contribution in [3.63, 3.8) is 0 Å². The van der Waals surface area contributed by atoms with E-state index in [9.17, 15) is 34.8 Å². The highest BCUT2D eigenvalue weighted by Gasteiger charge is 2.56. The third kappa shape index (κ3) is 2.18. The van der Waals surface area contributed by atoms with Gasteiger partial charge in [0.05, 0.1) is 17.1 Å². The summed E-state index contributed by atoms with van der Waals surface area (Å²) in [5, 5.41) is 42.6. The molecule has 1 aromatic rings. The molecule has 0 radical (unpaired) electrons. The highest BCUT2D eigenvalue weighted by atomic mass is 16.3. The molecule has 1 aromatic carbocycles. The maximum absolute atomic E-state index is 13.2. The molecule has 1 saturated carbocycles. The Hall–Kier alpha value is -3.13. The average molecular weight is 385 g/mol. The lowest BCUT2D eigenvalue weighted by molar-refractivity contribution is -0.130. The first-order chi connectivity index (χ1) is 13.1. The summed E-state index contributed by atoms with van der Waals surface area (Å²) in [6.45, 7) is 1.48. The van der Waals surface area contributed by atoms with Crippen molar-refractivity contribution in [2.45, 2.75) is 25.4 Å². The van der Waals surface area contributed by atoms with E-state index in [-0.39, 0.29) is 35.3 Å². The highest BCUT2D eigenvalue weighted by Crippen LogP contribution is 2.55. The van der Waals surface area contributed by atoms with Gasteiger partial charge in [-0.05, 0) is 30.9 Å². The van der Waals surface area contributed by atoms with Crippen LogP contribution in [0.5, 0.6) is 5.75 Å². The van der Waals surface area contributed by atoms with E-state index < -0.39 is 57.9 Å². The fourth-order valence-electron chi connectivity index (χ4n) is 4.89. The van der Waals surface area contributed by atoms with Gasteiger partial charge < -0.3 is 26.2 Å². The summed E-state index contributed by atoms with van der Waals surface area (Å²) < 4.78 is 0. The molecule has 8 nitrogen and oxygen atoms in total. The van der Waals surface area contributed by atoms with Crippen LogP contribution in [0.1, 0.15) is 30.9 Å². The second-order valence-corrected chi connectivity index (χ2v) is 7.75. The SMILES string of the molecule is CC1(O)c2cccc(O)c2C(O)=C2C(=O)C3C(O)=C(C(N)=O)C(=O)CC3CC21. The smallest absolute Gasteiger partial charge is 0.255 e. The van der Waals surface area contributed by atoms with Crippen LogP contribution in [0.3, 0.4) is 0 Å². The van der Waals surface area contributed by atoms with Gasteiger partial charge in [0.2, 0.25) is 0 Å². The molecule has 0 heterocycles. The molecule has 0 aliphatic heterocycles. The lowest BCUT2D eigenvalue weighted by atomic mass is 9.57. The van der Waals surface area contributed by atoms with E-state index in [0.29, 0.717) is 0 Å². The standard InChI is InChI=1S/C20H19NO7/c1-20(28)8-3-2-4-10(22)13(8)18(26)14-9(20)5-7-6-11(23)15(19(21)27)17(25)12(7)16(14)24/h2-4,7,9,12,22,25-26,28H,5-6H2,1H3,(H2,21,27). The number of carbonyl (C=O) groups is 3. The van der Waals surface area contributed by atoms with E-state index in [4.69, 9.17) is 5.73 Å². The second kappa shape index (κ2) is 5.68. The number of fused-ring (bicyclic) bond motifs is 3. The lowest BCUT2D eigenvalue weighted by Crippen LogP contribution is -2.49. The van der Waals surface area contributed by atoms with Crippen LogP contribution in [0.15, 0.2) is 35.1 Å². The van der Waals surface area contributed by atoms with Gasteiger partial charge in [-0.25, -0.2) is 0 Å². The Morgan fingerprint density at radius 1 is 1.21 bits per heavy atom. The van der Waals surface area contributed by atoms with E-state index in [1.54, 1.807) is 6.07 Å². The lowest BCUT2D eigenvalue weighted by Gasteiger charge is -2.47. The second-order valence-electron chi connectivity index (χ2n) is 7.75. The van der Waals surface area contributed by atoms with E-state index in [1.807, 2.05) is 0 Å². The fraction of sp³-hybridized carbons (Fsp3) is 0.350. The number of nitrogens with two attached hydrogens (primary N) is 1. The van der Waals surface area contributed by atoms with Crippen LogP contribution in [0.25, 0.3) is 5.76 Å². The Morgan fingerprint density at radius 2 is 1.89 bits per heavy atom. The van der Waals surface area contributed by atoms with Crippen LogP contribution < -0.4 is 5.73 Å². The topological polar surface area (TPSA) is 158 Å². The minimum Gasteiger partial charge on any atom is -0.511 e. The van der Waals surface area contributed by atoms with Gasteiger partial charge in [-0.2, -0.15) is 0 Å². The van der Waals surface area contributed by atoms with Gasteiger partial charge in [-0.15, -0.1) is 0 Å². The number of rotatable bonds is 1. The average Bonchev–Trinajstić information content (AvgIpc) is 2.58. The first-order valence-electron chi connectivity index (χ1n) is 8.86. The summed E-state index contributed by atoms with van der Waals surface area (Å²) >= 11 is 0. The normalized spacial score (nSPS) is 32.0. The van der Waals surface area contributed by atoms with Gasteiger partial charge in [-0.3, -0.25) is 14.4 Å². The van der Waals surface area contributed by atoms with E-state index >= 15 is 0 Å². The molecule has 1 fully saturated rings. The maximum Gasteiger partial charge on any atom is 0.255 e. The number of hydrogen-bond acceptors (Lipinski definition) is 7. The van der Waals surface area contributed by atoms with Crippen LogP contribution in [-0.4, -0.2) is 37.9 Å². The molecule has 6 N–H and O–H groups in total. The summed E-state index contributed by atoms with van der Waals surface area (Å²) in [5.41, 5.74) is 3.07. The summed E-state index contributed by atoms with van der Waals surface area (Å²) in [6, 6.07) is 4.39. The Labute approximate surface area is 159 Å². The van der Waals surface area contributed by atoms with Crippen molar-refractivity contribution in [3.05, 3.63) is 46.2 Å². The number of primary amides is 1. The number of carbonyl (C=O) groups excluding carboxylic acids is 3. The monoisotopic (exact) mass is 385 g/mol. The van der Waals surface area contributed by atoms with Gasteiger partial charge in [0, 0.05) is 17.9 Å². The Morgan fingerprint density at radius 3 is 2.54 bits per heavy atom. The number of aliphatic hydroxyl groups excluding tert-OH is 2. The predicted octanol–water partition coefficient (Wildman–Crippen LogP) is 0.974. The van der Waals surface area contributed by atoms with Crippen molar-refractivity contribution in [3.8, 4) is 5.75 Å². The van der Waals surface area contributed by atoms with Crippen LogP contribution in [0.4, 0.5) is 0 Å². The number of aliphatic hydroxyl groups is 3. The van der Waals surface area contributed by atoms with E-state index in [2.05, 4.69) is 0 Å². The number of Topliss-reactive ketones (excluding diaryl/α,β-unsaturated/α-hetero) is 2. The molecular formula is C20H19NO7. The molecule has 146 valence electrons. The quantitative estimate of drug-likeness (QED) is 0.451. The van der Waals surface area contributed by atoms with Gasteiger partial charge >= 0.3 is 0 Å². The molecular weight excluding hydrogens is 366 g/mol. The summed E-state index contributed by atoms with van der Waals surface area (Å²) in [7, 11) is 0. The number of phenols is 1. The summed E-state index contributed by atoms with van der Waals surface area (Å²) in [5.74, 6) is -6.63. The van der Waals surface area contributed by atoms with Gasteiger partial charge in [-0.1, -0.05) is 12.1 Å². The Kier molecular flexibility index (Phi) is 3.70. The summed E-state index contributed by atoms with van der Waals surface area (Å²) in [6.07, 6.45) is -0.0496. The molecule has 0 saturated heterocycles. The van der Waals surface area contributed by atoms with Crippen molar-refractivity contribution in [2.75, 3.05) is 0 Å². The van der Waals surface area contributed by atoms with Crippen molar-refractivity contribution in [2.24, 2.45) is 23.5 Å². The first kappa shape index (κ1) is 18.2. The number of amides is 1. The van der Waals surface area contributed by atoms with Crippen LogP contribution in [-0.2, 0) is 20.0 Å². The molecule has 0 aromatic heterocycles. The molecule has 4 rings (SSSR count). The van der Waals surface area contributed by atoms with Gasteiger partial charge in [0.1, 0.15) is 22.8 Å². The van der Waals surface area contributed by atoms with Crippen molar-refractivity contribution in [1.82, 2.24) is 0 Å². The van der Waals surface area contributed by atoms with Crippen LogP contribution in [0.2, 0.25) is 0 Å². The van der Waals surface area contributed by atoms with Crippen LogP contribution in [0, 0.1) is 17.8 Å². The molecule has 0 spiro atoms. The molecule has 1 amide bonds. The maximum atomic E-state index is 13.2. The zero-order valence-corrected chi connectivity index (χ0v) is 15.0. The van der Waals surface area contributed by atoms with Gasteiger partial charge in [0.15, 0.2) is 11.6 Å². The minimum atomic E-state index is -1.59. The third-order valence-electron chi connectivity index (χ3n) is 6.19. The zero-order chi connectivity index (χ0) is 20.5. The molecule has 3 aliphatic carbocycles. The van der Waals surface area contributed by atoms with Crippen LogP contribution >= 0.6 is 0 Å². The first-order valence-corrected chi connectivity index (χ1v) is 8.86. The number of phenolic OH excluding ortho intramolecular Hbond substituents is 1. The number of ketones is 2. The van der Waals surface area contributed by atoms with E-state index in [0.717, 1.165) is 0 Å². The third-order valence-corrected chi connectivity index (χ3v) is 6.19. The van der Waals surface area contributed by atoms with Crippen molar-refractivity contribution < 1.29 is 34.8 Å². The Bertz CT molecular complexity index is 1020. The van der Waals surface area contributed by atoms with E-state index in [1.165, 1.54) is 19.1 Å². The molecule has 8 heteroatoms. The molecule has 4 unspecified atom stereocenters. The molecule has 28 heavy (non-hydrogen) atoms. The predicted molar refractivity (Wildman–Crippen MR) is 95.8 cm³/mol. The zero-order valence-electron chi connectivity index (χ0n) is 15.0. The molecule has 3 aliphatic rings. The number of aromatic hydroxyl groups is 1. The summed E-state index contributed by atoms with van der Waals surface area (Å²) in [4.78, 5) is 37.0. The van der Waals surface area contributed by atoms with Crippen molar-refractivity contribution in [1.29, 1.82) is 0 Å². The Balaban J connectivity index is 1.95. The molecule has 4 atom stereocenters. The number of benzene rings is 1. The van der Waals surface area contributed by atoms with Crippen molar-refractivity contribution >= 4 is 23.2 Å². The van der Waals surface area contributed by atoms with Gasteiger partial charge in [0.25, 0.3) is 5.91 Å². The highest BCUT2D eigenvalue weighted by molar-refractivity contribution is 6.21. The molecule has 0 bridgehead atoms. The number of hydrogen-bond donors (Lipinski definition) is 5. The largest absolute Gasteiger partial charge is 0.511 e. The number of allylic oxidation sites excluding steroid dienone is 1.